The van der Waals surface area contributed by atoms with Crippen LogP contribution in [0.5, 0.6) is 5.75 Å². The van der Waals surface area contributed by atoms with Crippen molar-refractivity contribution < 1.29 is 32.2 Å². The van der Waals surface area contributed by atoms with E-state index in [1.807, 2.05) is 0 Å². The number of halogens is 4. The number of carboxylic acids is 1. The summed E-state index contributed by atoms with van der Waals surface area (Å²) in [7, 11) is 0. The van der Waals surface area contributed by atoms with Crippen LogP contribution in [0.2, 0.25) is 0 Å². The predicted octanol–water partition coefficient (Wildman–Crippen LogP) is 3.48. The third-order valence-corrected chi connectivity index (χ3v) is 2.44. The Hall–Kier alpha value is -2.64. The van der Waals surface area contributed by atoms with E-state index in [4.69, 9.17) is 5.11 Å². The summed E-state index contributed by atoms with van der Waals surface area (Å²) in [6.07, 6.45) is -4.17. The molecule has 21 heavy (non-hydrogen) atoms. The van der Waals surface area contributed by atoms with E-state index in [-0.39, 0.29) is 11.1 Å². The smallest absolute Gasteiger partial charge is 0.476 e. The third-order valence-electron chi connectivity index (χ3n) is 2.44. The van der Waals surface area contributed by atoms with Gasteiger partial charge in [0.05, 0.1) is 6.20 Å². The fourth-order valence-electron chi connectivity index (χ4n) is 1.69. The van der Waals surface area contributed by atoms with Gasteiger partial charge in [-0.2, -0.15) is 0 Å². The summed E-state index contributed by atoms with van der Waals surface area (Å²) in [5.74, 6) is -2.77. The maximum absolute atomic E-state index is 13.2. The molecule has 0 spiro atoms. The van der Waals surface area contributed by atoms with Crippen molar-refractivity contribution in [2.45, 2.75) is 6.36 Å². The van der Waals surface area contributed by atoms with Gasteiger partial charge in [-0.05, 0) is 23.8 Å². The van der Waals surface area contributed by atoms with Crippen LogP contribution in [0, 0.1) is 5.82 Å². The van der Waals surface area contributed by atoms with Gasteiger partial charge in [-0.1, -0.05) is 12.1 Å². The highest BCUT2D eigenvalue weighted by Crippen LogP contribution is 2.29. The van der Waals surface area contributed by atoms with Crippen LogP contribution < -0.4 is 4.74 Å². The van der Waals surface area contributed by atoms with E-state index in [1.165, 1.54) is 12.1 Å². The van der Waals surface area contributed by atoms with E-state index in [2.05, 4.69) is 9.72 Å². The number of alkyl halides is 3. The van der Waals surface area contributed by atoms with Crippen LogP contribution in [0.4, 0.5) is 17.6 Å². The standard InChI is InChI=1S/C13H7F4NO3/c14-8-5-10(11(12(19)20)18-6-8)7-2-1-3-9(4-7)21-13(15,16)17/h1-6H,(H,19,20). The van der Waals surface area contributed by atoms with E-state index >= 15 is 0 Å². The van der Waals surface area contributed by atoms with Gasteiger partial charge < -0.3 is 9.84 Å². The fourth-order valence-corrected chi connectivity index (χ4v) is 1.69. The number of benzene rings is 1. The normalized spacial score (nSPS) is 11.2. The summed E-state index contributed by atoms with van der Waals surface area (Å²) in [5.41, 5.74) is -0.572. The molecular weight excluding hydrogens is 294 g/mol. The second-order valence-corrected chi connectivity index (χ2v) is 3.93. The van der Waals surface area contributed by atoms with E-state index in [1.54, 1.807) is 0 Å². The van der Waals surface area contributed by atoms with Crippen molar-refractivity contribution in [3.8, 4) is 16.9 Å². The monoisotopic (exact) mass is 301 g/mol. The highest BCUT2D eigenvalue weighted by molar-refractivity contribution is 5.93. The first-order valence-corrected chi connectivity index (χ1v) is 5.51. The average molecular weight is 301 g/mol. The van der Waals surface area contributed by atoms with Crippen molar-refractivity contribution in [2.24, 2.45) is 0 Å². The highest BCUT2D eigenvalue weighted by atomic mass is 19.4. The summed E-state index contributed by atoms with van der Waals surface area (Å²) in [6, 6.07) is 5.43. The minimum Gasteiger partial charge on any atom is -0.476 e. The molecule has 0 saturated heterocycles. The molecule has 0 fully saturated rings. The lowest BCUT2D eigenvalue weighted by Crippen LogP contribution is -2.17. The van der Waals surface area contributed by atoms with Gasteiger partial charge in [0.1, 0.15) is 11.6 Å². The predicted molar refractivity (Wildman–Crippen MR) is 63.3 cm³/mol. The second-order valence-electron chi connectivity index (χ2n) is 3.93. The van der Waals surface area contributed by atoms with Gasteiger partial charge in [0.25, 0.3) is 0 Å². The van der Waals surface area contributed by atoms with Gasteiger partial charge in [-0.3, -0.25) is 0 Å². The van der Waals surface area contributed by atoms with Crippen LogP contribution in [-0.2, 0) is 0 Å². The molecule has 4 nitrogen and oxygen atoms in total. The van der Waals surface area contributed by atoms with Gasteiger partial charge >= 0.3 is 12.3 Å². The molecular formula is C13H7F4NO3. The first-order valence-electron chi connectivity index (χ1n) is 5.51. The Morgan fingerprint density at radius 2 is 1.95 bits per heavy atom. The van der Waals surface area contributed by atoms with Gasteiger partial charge in [-0.25, -0.2) is 14.2 Å². The Balaban J connectivity index is 2.50. The number of nitrogens with zero attached hydrogens (tertiary/aromatic N) is 1. The lowest BCUT2D eigenvalue weighted by molar-refractivity contribution is -0.274. The van der Waals surface area contributed by atoms with Crippen LogP contribution in [0.3, 0.4) is 0 Å². The molecule has 2 aromatic rings. The molecule has 0 radical (unpaired) electrons. The van der Waals surface area contributed by atoms with Crippen molar-refractivity contribution in [3.63, 3.8) is 0 Å². The Morgan fingerprint density at radius 3 is 2.57 bits per heavy atom. The molecule has 110 valence electrons. The van der Waals surface area contributed by atoms with Gasteiger partial charge in [-0.15, -0.1) is 13.2 Å². The molecule has 1 aromatic carbocycles. The number of ether oxygens (including phenoxy) is 1. The minimum atomic E-state index is -4.88. The molecule has 1 heterocycles. The summed E-state index contributed by atoms with van der Waals surface area (Å²) in [4.78, 5) is 14.4. The van der Waals surface area contributed by atoms with E-state index in [9.17, 15) is 22.4 Å². The van der Waals surface area contributed by atoms with Crippen molar-refractivity contribution in [1.82, 2.24) is 4.98 Å². The Morgan fingerprint density at radius 1 is 1.24 bits per heavy atom. The number of carbonyl (C=O) groups is 1. The molecule has 1 aromatic heterocycles. The second kappa shape index (κ2) is 5.39. The SMILES string of the molecule is O=C(O)c1ncc(F)cc1-c1cccc(OC(F)(F)F)c1. The zero-order chi connectivity index (χ0) is 15.6. The van der Waals surface area contributed by atoms with E-state index in [0.717, 1.165) is 18.2 Å². The highest BCUT2D eigenvalue weighted by Gasteiger charge is 2.31. The Kier molecular flexibility index (Phi) is 3.79. The fraction of sp³-hybridized carbons (Fsp3) is 0.0769. The molecule has 0 aliphatic rings. The van der Waals surface area contributed by atoms with Gasteiger partial charge in [0, 0.05) is 5.56 Å². The Bertz CT molecular complexity index is 685. The zero-order valence-electron chi connectivity index (χ0n) is 10.2. The molecule has 0 amide bonds. The number of rotatable bonds is 3. The maximum atomic E-state index is 13.2. The van der Waals surface area contributed by atoms with Gasteiger partial charge in [0.15, 0.2) is 5.69 Å². The van der Waals surface area contributed by atoms with Crippen LogP contribution in [0.25, 0.3) is 11.1 Å². The molecule has 2 rings (SSSR count). The lowest BCUT2D eigenvalue weighted by Gasteiger charge is -2.11. The number of hydrogen-bond donors (Lipinski definition) is 1. The number of hydrogen-bond acceptors (Lipinski definition) is 3. The number of pyridine rings is 1. The molecule has 8 heteroatoms. The minimum absolute atomic E-state index is 0.0427. The zero-order valence-corrected chi connectivity index (χ0v) is 10.2. The van der Waals surface area contributed by atoms with Crippen molar-refractivity contribution >= 4 is 5.97 Å². The molecule has 0 aliphatic heterocycles. The summed E-state index contributed by atoms with van der Waals surface area (Å²) < 4.78 is 53.4. The number of aromatic carboxylic acids is 1. The van der Waals surface area contributed by atoms with Crippen molar-refractivity contribution in [1.29, 1.82) is 0 Å². The summed E-state index contributed by atoms with van der Waals surface area (Å²) in [5, 5.41) is 8.98. The molecule has 0 bridgehead atoms. The molecule has 0 unspecified atom stereocenters. The third kappa shape index (κ3) is 3.68. The van der Waals surface area contributed by atoms with Crippen molar-refractivity contribution in [2.75, 3.05) is 0 Å². The molecule has 0 saturated carbocycles. The lowest BCUT2D eigenvalue weighted by atomic mass is 10.0. The van der Waals surface area contributed by atoms with Crippen LogP contribution in [-0.4, -0.2) is 22.4 Å². The average Bonchev–Trinajstić information content (AvgIpc) is 2.36. The number of carboxylic acid groups (broad SMARTS) is 1. The largest absolute Gasteiger partial charge is 0.573 e. The van der Waals surface area contributed by atoms with Crippen LogP contribution in [0.15, 0.2) is 36.5 Å². The maximum Gasteiger partial charge on any atom is 0.573 e. The molecule has 0 aliphatic carbocycles. The molecule has 0 atom stereocenters. The summed E-state index contributed by atoms with van der Waals surface area (Å²) in [6.45, 7) is 0. The van der Waals surface area contributed by atoms with E-state index < -0.39 is 29.6 Å². The van der Waals surface area contributed by atoms with E-state index in [0.29, 0.717) is 6.20 Å². The first kappa shape index (κ1) is 14.8. The van der Waals surface area contributed by atoms with Crippen LogP contribution >= 0.6 is 0 Å². The summed E-state index contributed by atoms with van der Waals surface area (Å²) >= 11 is 0. The Labute approximate surface area is 115 Å². The van der Waals surface area contributed by atoms with Crippen molar-refractivity contribution in [3.05, 3.63) is 48.0 Å². The topological polar surface area (TPSA) is 59.4 Å². The first-order chi connectivity index (χ1) is 9.76. The quantitative estimate of drug-likeness (QED) is 0.882. The van der Waals surface area contributed by atoms with Crippen LogP contribution in [0.1, 0.15) is 10.5 Å². The number of aromatic nitrogens is 1. The van der Waals surface area contributed by atoms with Gasteiger partial charge in [0.2, 0.25) is 0 Å². The molecule has 1 N–H and O–H groups in total.